The van der Waals surface area contributed by atoms with Gasteiger partial charge >= 0.3 is 0 Å². The van der Waals surface area contributed by atoms with Crippen LogP contribution in [0.5, 0.6) is 5.75 Å². The first-order valence-corrected chi connectivity index (χ1v) is 12.8. The minimum absolute atomic E-state index is 0.0276. The number of ether oxygens (including phenoxy) is 1. The Morgan fingerprint density at radius 1 is 1.00 bits per heavy atom. The zero-order chi connectivity index (χ0) is 23.7. The minimum atomic E-state index is -3.83. The van der Waals surface area contributed by atoms with Gasteiger partial charge in [-0.3, -0.25) is 9.48 Å². The SMILES string of the molecule is Cc1nn(C)c(C)c1S(=O)(=O)N1CCCN(S(=O)(=O)c2ccc(OCC(N)=O)cc2)CC1. The van der Waals surface area contributed by atoms with E-state index < -0.39 is 26.0 Å². The lowest BCUT2D eigenvalue weighted by Gasteiger charge is -2.22. The van der Waals surface area contributed by atoms with Gasteiger partial charge in [-0.05, 0) is 44.5 Å². The van der Waals surface area contributed by atoms with Crippen LogP contribution in [0.3, 0.4) is 0 Å². The lowest BCUT2D eigenvalue weighted by Crippen LogP contribution is -2.37. The maximum atomic E-state index is 13.2. The highest BCUT2D eigenvalue weighted by atomic mass is 32.2. The summed E-state index contributed by atoms with van der Waals surface area (Å²) in [6, 6.07) is 5.65. The van der Waals surface area contributed by atoms with Crippen LogP contribution in [0.4, 0.5) is 0 Å². The predicted octanol–water partition coefficient (Wildman–Crippen LogP) is -0.0137. The van der Waals surface area contributed by atoms with E-state index in [0.717, 1.165) is 0 Å². The molecule has 1 aromatic heterocycles. The molecular formula is C19H27N5O6S2. The number of aromatic nitrogens is 2. The van der Waals surface area contributed by atoms with Crippen LogP contribution in [-0.4, -0.2) is 73.9 Å². The molecule has 1 fully saturated rings. The van der Waals surface area contributed by atoms with E-state index in [1.807, 2.05) is 0 Å². The molecule has 0 spiro atoms. The van der Waals surface area contributed by atoms with Gasteiger partial charge < -0.3 is 10.5 Å². The van der Waals surface area contributed by atoms with E-state index in [0.29, 0.717) is 23.6 Å². The number of hydrogen-bond acceptors (Lipinski definition) is 7. The molecule has 0 aliphatic carbocycles. The fourth-order valence-electron chi connectivity index (χ4n) is 3.62. The number of aryl methyl sites for hydroxylation is 2. The van der Waals surface area contributed by atoms with E-state index in [-0.39, 0.29) is 42.6 Å². The quantitative estimate of drug-likeness (QED) is 0.580. The molecule has 2 heterocycles. The Balaban J connectivity index is 1.76. The monoisotopic (exact) mass is 485 g/mol. The molecule has 3 rings (SSSR count). The topological polar surface area (TPSA) is 145 Å². The average molecular weight is 486 g/mol. The van der Waals surface area contributed by atoms with E-state index >= 15 is 0 Å². The fraction of sp³-hybridized carbons (Fsp3) is 0.474. The number of sulfonamides is 2. The number of rotatable bonds is 7. The third-order valence-electron chi connectivity index (χ3n) is 5.30. The van der Waals surface area contributed by atoms with Crippen molar-refractivity contribution in [2.75, 3.05) is 32.8 Å². The van der Waals surface area contributed by atoms with Crippen molar-refractivity contribution in [3.63, 3.8) is 0 Å². The molecular weight excluding hydrogens is 458 g/mol. The molecule has 2 aromatic rings. The maximum Gasteiger partial charge on any atom is 0.255 e. The van der Waals surface area contributed by atoms with Gasteiger partial charge in [-0.15, -0.1) is 0 Å². The van der Waals surface area contributed by atoms with Crippen molar-refractivity contribution in [2.24, 2.45) is 12.8 Å². The largest absolute Gasteiger partial charge is 0.484 e. The van der Waals surface area contributed by atoms with Gasteiger partial charge in [-0.1, -0.05) is 0 Å². The molecule has 13 heteroatoms. The Kier molecular flexibility index (Phi) is 6.93. The van der Waals surface area contributed by atoms with Gasteiger partial charge in [0, 0.05) is 33.2 Å². The summed E-state index contributed by atoms with van der Waals surface area (Å²) in [5, 5.41) is 4.19. The highest BCUT2D eigenvalue weighted by molar-refractivity contribution is 7.89. The van der Waals surface area contributed by atoms with Gasteiger partial charge in [-0.2, -0.15) is 13.7 Å². The van der Waals surface area contributed by atoms with E-state index in [9.17, 15) is 21.6 Å². The molecule has 1 saturated heterocycles. The third kappa shape index (κ3) is 4.80. The number of hydrogen-bond donors (Lipinski definition) is 1. The summed E-state index contributed by atoms with van der Waals surface area (Å²) >= 11 is 0. The maximum absolute atomic E-state index is 13.2. The van der Waals surface area contributed by atoms with E-state index in [2.05, 4.69) is 5.10 Å². The summed E-state index contributed by atoms with van der Waals surface area (Å²) in [5.74, 6) is -0.319. The van der Waals surface area contributed by atoms with Crippen molar-refractivity contribution >= 4 is 26.0 Å². The summed E-state index contributed by atoms with van der Waals surface area (Å²) in [6.45, 7) is 3.50. The number of amides is 1. The summed E-state index contributed by atoms with van der Waals surface area (Å²) < 4.78 is 61.9. The predicted molar refractivity (Wildman–Crippen MR) is 116 cm³/mol. The zero-order valence-electron chi connectivity index (χ0n) is 18.2. The first kappa shape index (κ1) is 24.2. The molecule has 176 valence electrons. The second-order valence-corrected chi connectivity index (χ2v) is 11.3. The van der Waals surface area contributed by atoms with E-state index in [4.69, 9.17) is 10.5 Å². The van der Waals surface area contributed by atoms with Crippen LogP contribution in [-0.2, 0) is 31.9 Å². The molecule has 1 aromatic carbocycles. The molecule has 0 unspecified atom stereocenters. The molecule has 1 amide bonds. The van der Waals surface area contributed by atoms with Crippen LogP contribution in [0.25, 0.3) is 0 Å². The van der Waals surface area contributed by atoms with Gasteiger partial charge in [0.05, 0.1) is 16.3 Å². The average Bonchev–Trinajstić information content (AvgIpc) is 2.91. The van der Waals surface area contributed by atoms with Crippen LogP contribution < -0.4 is 10.5 Å². The van der Waals surface area contributed by atoms with Gasteiger partial charge in [0.25, 0.3) is 5.91 Å². The molecule has 0 atom stereocenters. The molecule has 0 bridgehead atoms. The van der Waals surface area contributed by atoms with E-state index in [1.54, 1.807) is 20.9 Å². The Morgan fingerprint density at radius 2 is 1.56 bits per heavy atom. The molecule has 0 saturated carbocycles. The lowest BCUT2D eigenvalue weighted by molar-refractivity contribution is -0.119. The lowest BCUT2D eigenvalue weighted by atomic mass is 10.3. The summed E-state index contributed by atoms with van der Waals surface area (Å²) in [7, 11) is -5.95. The van der Waals surface area contributed by atoms with Crippen molar-refractivity contribution in [3.05, 3.63) is 35.7 Å². The molecule has 0 radical (unpaired) electrons. The van der Waals surface area contributed by atoms with Gasteiger partial charge in [0.1, 0.15) is 10.6 Å². The van der Waals surface area contributed by atoms with Crippen molar-refractivity contribution in [1.82, 2.24) is 18.4 Å². The number of primary amides is 1. The number of nitrogens with two attached hydrogens (primary N) is 1. The first-order valence-electron chi connectivity index (χ1n) is 9.96. The van der Waals surface area contributed by atoms with Crippen LogP contribution in [0, 0.1) is 13.8 Å². The molecule has 2 N–H and O–H groups in total. The van der Waals surface area contributed by atoms with Crippen molar-refractivity contribution in [1.29, 1.82) is 0 Å². The second-order valence-electron chi connectivity index (χ2n) is 7.51. The summed E-state index contributed by atoms with van der Waals surface area (Å²) in [5.41, 5.74) is 5.98. The number of nitrogens with zero attached hydrogens (tertiary/aromatic N) is 4. The van der Waals surface area contributed by atoms with Crippen molar-refractivity contribution in [2.45, 2.75) is 30.1 Å². The Morgan fingerprint density at radius 3 is 2.06 bits per heavy atom. The van der Waals surface area contributed by atoms with Gasteiger partial charge in [0.2, 0.25) is 20.0 Å². The Labute approximate surface area is 187 Å². The summed E-state index contributed by atoms with van der Waals surface area (Å²) in [6.07, 6.45) is 0.358. The minimum Gasteiger partial charge on any atom is -0.484 e. The third-order valence-corrected chi connectivity index (χ3v) is 9.36. The molecule has 1 aliphatic rings. The zero-order valence-corrected chi connectivity index (χ0v) is 19.8. The first-order chi connectivity index (χ1) is 14.9. The standard InChI is InChI=1S/C19H27N5O6S2/c1-14-19(15(2)22(3)21-14)32(28,29)24-10-4-9-23(11-12-24)31(26,27)17-7-5-16(6-8-17)30-13-18(20)25/h5-8H,4,9-13H2,1-3H3,(H2,20,25). The normalized spacial score (nSPS) is 16.6. The fourth-order valence-corrected chi connectivity index (χ4v) is 6.96. The molecule has 11 nitrogen and oxygen atoms in total. The van der Waals surface area contributed by atoms with Crippen molar-refractivity contribution < 1.29 is 26.4 Å². The highest BCUT2D eigenvalue weighted by Crippen LogP contribution is 2.26. The molecule has 1 aliphatic heterocycles. The van der Waals surface area contributed by atoms with Crippen LogP contribution in [0.1, 0.15) is 17.8 Å². The van der Waals surface area contributed by atoms with Gasteiger partial charge in [0.15, 0.2) is 6.61 Å². The number of carbonyl (C=O) groups excluding carboxylic acids is 1. The molecule has 32 heavy (non-hydrogen) atoms. The van der Waals surface area contributed by atoms with Crippen LogP contribution >= 0.6 is 0 Å². The van der Waals surface area contributed by atoms with E-state index in [1.165, 1.54) is 37.6 Å². The Bertz CT molecular complexity index is 1210. The van der Waals surface area contributed by atoms with Crippen molar-refractivity contribution in [3.8, 4) is 5.75 Å². The van der Waals surface area contributed by atoms with Crippen LogP contribution in [0.15, 0.2) is 34.1 Å². The summed E-state index contributed by atoms with van der Waals surface area (Å²) in [4.78, 5) is 11.0. The highest BCUT2D eigenvalue weighted by Gasteiger charge is 2.34. The van der Waals surface area contributed by atoms with Crippen LogP contribution in [0.2, 0.25) is 0 Å². The Hall–Kier alpha value is -2.48. The van der Waals surface area contributed by atoms with Gasteiger partial charge in [-0.25, -0.2) is 16.8 Å². The number of carbonyl (C=O) groups is 1. The smallest absolute Gasteiger partial charge is 0.255 e. The number of benzene rings is 1. The second kappa shape index (κ2) is 9.17.